The van der Waals surface area contributed by atoms with Crippen LogP contribution >= 0.6 is 0 Å². The van der Waals surface area contributed by atoms with Gasteiger partial charge >= 0.3 is 5.97 Å². The van der Waals surface area contributed by atoms with Crippen LogP contribution in [0.15, 0.2) is 47.3 Å². The molecule has 1 N–H and O–H groups in total. The molecule has 0 spiro atoms. The second-order valence-electron chi connectivity index (χ2n) is 8.58. The average molecular weight is 438 g/mol. The zero-order valence-corrected chi connectivity index (χ0v) is 19.0. The summed E-state index contributed by atoms with van der Waals surface area (Å²) in [6.07, 6.45) is 3.53. The molecule has 1 aliphatic rings. The highest BCUT2D eigenvalue weighted by Gasteiger charge is 2.25. The summed E-state index contributed by atoms with van der Waals surface area (Å²) in [5.74, 6) is 1.19. The molecule has 0 bridgehead atoms. The monoisotopic (exact) mass is 437 g/mol. The normalized spacial score (nSPS) is 16.4. The highest BCUT2D eigenvalue weighted by atomic mass is 16.5. The number of aromatic nitrogens is 2. The van der Waals surface area contributed by atoms with Crippen LogP contribution in [-0.4, -0.2) is 65.1 Å². The maximum Gasteiger partial charge on any atom is 0.328 e. The van der Waals surface area contributed by atoms with Crippen LogP contribution in [0.4, 0.5) is 5.82 Å². The van der Waals surface area contributed by atoms with Crippen LogP contribution in [0.1, 0.15) is 25.2 Å². The van der Waals surface area contributed by atoms with Gasteiger partial charge in [-0.2, -0.15) is 0 Å². The van der Waals surface area contributed by atoms with Gasteiger partial charge in [0.1, 0.15) is 17.7 Å². The number of carbonyl (C=O) groups is 1. The third kappa shape index (κ3) is 5.26. The van der Waals surface area contributed by atoms with Crippen molar-refractivity contribution in [2.75, 3.05) is 38.6 Å². The summed E-state index contributed by atoms with van der Waals surface area (Å²) >= 11 is 0. The number of carbonyl (C=O) groups excluding carboxylic acids is 1. The molecule has 1 saturated heterocycles. The Morgan fingerprint density at radius 3 is 2.47 bits per heavy atom. The lowest BCUT2D eigenvalue weighted by atomic mass is 10.0. The summed E-state index contributed by atoms with van der Waals surface area (Å²) in [6.45, 7) is 9.44. The van der Waals surface area contributed by atoms with E-state index in [2.05, 4.69) is 15.1 Å². The van der Waals surface area contributed by atoms with Gasteiger partial charge in [-0.1, -0.05) is 26.0 Å². The van der Waals surface area contributed by atoms with Gasteiger partial charge in [0, 0.05) is 43.7 Å². The topological polar surface area (TPSA) is 83.7 Å². The molecule has 1 aliphatic heterocycles. The summed E-state index contributed by atoms with van der Waals surface area (Å²) in [4.78, 5) is 26.7. The maximum absolute atomic E-state index is 12.3. The molecule has 1 aromatic carbocycles. The van der Waals surface area contributed by atoms with Crippen molar-refractivity contribution in [3.05, 3.63) is 54.2 Å². The van der Waals surface area contributed by atoms with Gasteiger partial charge in [-0.3, -0.25) is 9.80 Å². The number of hydrogen-bond donors (Lipinski definition) is 1. The molecular weight excluding hydrogens is 406 g/mol. The fourth-order valence-corrected chi connectivity index (χ4v) is 4.02. The molecule has 0 aliphatic carbocycles. The minimum atomic E-state index is -0.474. The Labute approximate surface area is 188 Å². The number of esters is 1. The fraction of sp³-hybridized carbons (Fsp3) is 0.458. The summed E-state index contributed by atoms with van der Waals surface area (Å²) in [5, 5.41) is 4.22. The van der Waals surface area contributed by atoms with Gasteiger partial charge in [0.2, 0.25) is 0 Å². The van der Waals surface area contributed by atoms with Crippen LogP contribution in [0.25, 0.3) is 10.9 Å². The van der Waals surface area contributed by atoms with E-state index >= 15 is 0 Å². The summed E-state index contributed by atoms with van der Waals surface area (Å²) < 4.78 is 10.2. The van der Waals surface area contributed by atoms with E-state index in [-0.39, 0.29) is 11.9 Å². The van der Waals surface area contributed by atoms with Gasteiger partial charge in [0.15, 0.2) is 0 Å². The van der Waals surface area contributed by atoms with Gasteiger partial charge in [-0.05, 0) is 24.1 Å². The van der Waals surface area contributed by atoms with Gasteiger partial charge in [-0.25, -0.2) is 14.8 Å². The molecule has 1 fully saturated rings. The van der Waals surface area contributed by atoms with Crippen molar-refractivity contribution in [3.8, 4) is 0 Å². The molecule has 3 heterocycles. The Bertz CT molecular complexity index is 1030. The zero-order valence-electron chi connectivity index (χ0n) is 19.0. The largest absolute Gasteiger partial charge is 0.472 e. The summed E-state index contributed by atoms with van der Waals surface area (Å²) in [5.41, 5.74) is 2.07. The molecule has 3 aromatic rings. The Hall–Kier alpha value is -2.97. The smallest absolute Gasteiger partial charge is 0.328 e. The van der Waals surface area contributed by atoms with E-state index in [1.807, 2.05) is 50.4 Å². The molecule has 32 heavy (non-hydrogen) atoms. The Morgan fingerprint density at radius 1 is 1.09 bits per heavy atom. The SMILES string of the molecule is COC(=O)[C@@H](Nc1nc(CN2CCN(Cc3ccoc3)CC2)nc2ccccc12)C(C)C. The van der Waals surface area contributed by atoms with Crippen LogP contribution in [0.5, 0.6) is 0 Å². The lowest BCUT2D eigenvalue weighted by molar-refractivity contribution is -0.142. The highest BCUT2D eigenvalue weighted by Crippen LogP contribution is 2.23. The Balaban J connectivity index is 1.48. The maximum atomic E-state index is 12.3. The third-order valence-corrected chi connectivity index (χ3v) is 5.88. The number of furan rings is 1. The standard InChI is InChI=1S/C24H31N5O3/c1-17(2)22(24(30)31-3)27-23-19-6-4-5-7-20(19)25-21(26-23)15-29-11-9-28(10-12-29)14-18-8-13-32-16-18/h4-8,13,16-17,22H,9-12,14-15H2,1-3H3,(H,25,26,27)/t22-/m0/s1. The Morgan fingerprint density at radius 2 is 1.81 bits per heavy atom. The summed E-state index contributed by atoms with van der Waals surface area (Å²) in [7, 11) is 1.41. The molecule has 170 valence electrons. The molecular formula is C24H31N5O3. The molecule has 2 aromatic heterocycles. The zero-order chi connectivity index (χ0) is 22.5. The minimum absolute atomic E-state index is 0.0583. The van der Waals surface area contributed by atoms with Crippen LogP contribution in [0.3, 0.4) is 0 Å². The quantitative estimate of drug-likeness (QED) is 0.538. The number of methoxy groups -OCH3 is 1. The van der Waals surface area contributed by atoms with Crippen LogP contribution in [0, 0.1) is 5.92 Å². The number of benzene rings is 1. The number of piperazine rings is 1. The predicted octanol–water partition coefficient (Wildman–Crippen LogP) is 3.15. The number of ether oxygens (including phenoxy) is 1. The van der Waals surface area contributed by atoms with E-state index in [1.165, 1.54) is 12.7 Å². The number of hydrogen-bond acceptors (Lipinski definition) is 8. The van der Waals surface area contributed by atoms with E-state index in [4.69, 9.17) is 19.1 Å². The third-order valence-electron chi connectivity index (χ3n) is 5.88. The summed E-state index contributed by atoms with van der Waals surface area (Å²) in [6, 6.07) is 9.43. The molecule has 0 radical (unpaired) electrons. The second kappa shape index (κ2) is 10.1. The van der Waals surface area contributed by atoms with E-state index < -0.39 is 6.04 Å². The van der Waals surface area contributed by atoms with Crippen molar-refractivity contribution in [2.45, 2.75) is 33.0 Å². The van der Waals surface area contributed by atoms with E-state index in [1.54, 1.807) is 6.26 Å². The van der Waals surface area contributed by atoms with Gasteiger partial charge in [-0.15, -0.1) is 0 Å². The first-order valence-electron chi connectivity index (χ1n) is 11.1. The number of para-hydroxylation sites is 1. The molecule has 0 amide bonds. The van der Waals surface area contributed by atoms with Crippen LogP contribution in [0.2, 0.25) is 0 Å². The van der Waals surface area contributed by atoms with Crippen molar-refractivity contribution in [3.63, 3.8) is 0 Å². The Kier molecular flexibility index (Phi) is 7.02. The first kappa shape index (κ1) is 22.2. The highest BCUT2D eigenvalue weighted by molar-refractivity contribution is 5.91. The first-order valence-corrected chi connectivity index (χ1v) is 11.1. The van der Waals surface area contributed by atoms with Gasteiger partial charge in [0.25, 0.3) is 0 Å². The molecule has 0 unspecified atom stereocenters. The van der Waals surface area contributed by atoms with Crippen molar-refractivity contribution in [1.82, 2.24) is 19.8 Å². The molecule has 8 heteroatoms. The lowest BCUT2D eigenvalue weighted by Gasteiger charge is -2.34. The molecule has 1 atom stereocenters. The number of fused-ring (bicyclic) bond motifs is 1. The fourth-order valence-electron chi connectivity index (χ4n) is 4.02. The molecule has 4 rings (SSSR count). The predicted molar refractivity (Wildman–Crippen MR) is 123 cm³/mol. The lowest BCUT2D eigenvalue weighted by Crippen LogP contribution is -2.45. The van der Waals surface area contributed by atoms with E-state index in [9.17, 15) is 4.79 Å². The number of nitrogens with zero attached hydrogens (tertiary/aromatic N) is 4. The number of anilines is 1. The van der Waals surface area contributed by atoms with Crippen LogP contribution < -0.4 is 5.32 Å². The van der Waals surface area contributed by atoms with Gasteiger partial charge < -0.3 is 14.5 Å². The van der Waals surface area contributed by atoms with Crippen molar-refractivity contribution < 1.29 is 13.9 Å². The minimum Gasteiger partial charge on any atom is -0.472 e. The van der Waals surface area contributed by atoms with Crippen molar-refractivity contribution >= 4 is 22.7 Å². The van der Waals surface area contributed by atoms with Crippen LogP contribution in [-0.2, 0) is 22.6 Å². The number of nitrogens with one attached hydrogen (secondary N) is 1. The van der Waals surface area contributed by atoms with Crippen molar-refractivity contribution in [1.29, 1.82) is 0 Å². The average Bonchev–Trinajstić information content (AvgIpc) is 3.31. The van der Waals surface area contributed by atoms with E-state index in [0.29, 0.717) is 12.4 Å². The molecule has 8 nitrogen and oxygen atoms in total. The second-order valence-corrected chi connectivity index (χ2v) is 8.58. The van der Waals surface area contributed by atoms with E-state index in [0.717, 1.165) is 49.5 Å². The first-order chi connectivity index (χ1) is 15.5. The van der Waals surface area contributed by atoms with Gasteiger partial charge in [0.05, 0.1) is 31.7 Å². The number of rotatable bonds is 8. The molecule has 0 saturated carbocycles. The van der Waals surface area contributed by atoms with Crippen molar-refractivity contribution in [2.24, 2.45) is 5.92 Å².